The highest BCUT2D eigenvalue weighted by Gasteiger charge is 2.04. The van der Waals surface area contributed by atoms with Crippen LogP contribution in [0.4, 0.5) is 10.1 Å². The summed E-state index contributed by atoms with van der Waals surface area (Å²) in [7, 11) is 0. The Labute approximate surface area is 127 Å². The van der Waals surface area contributed by atoms with Crippen LogP contribution in [0.25, 0.3) is 0 Å². The first kappa shape index (κ1) is 13.8. The molecule has 0 spiro atoms. The highest BCUT2D eigenvalue weighted by atomic mass is 79.9. The molecule has 94 valence electrons. The van der Waals surface area contributed by atoms with Crippen LogP contribution in [-0.4, -0.2) is 0 Å². The monoisotopic (exact) mass is 391 g/mol. The van der Waals surface area contributed by atoms with Gasteiger partial charge in [-0.3, -0.25) is 0 Å². The summed E-state index contributed by atoms with van der Waals surface area (Å²) in [6.45, 7) is 0.528. The van der Waals surface area contributed by atoms with Crippen LogP contribution in [0.3, 0.4) is 0 Å². The maximum Gasteiger partial charge on any atom is 0.125 e. The van der Waals surface area contributed by atoms with Gasteiger partial charge >= 0.3 is 0 Å². The summed E-state index contributed by atoms with van der Waals surface area (Å²) in [5.74, 6) is -0.277. The quantitative estimate of drug-likeness (QED) is 0.714. The number of benzene rings is 2. The van der Waals surface area contributed by atoms with Gasteiger partial charge in [-0.05, 0) is 57.9 Å². The second kappa shape index (κ2) is 6.04. The van der Waals surface area contributed by atoms with Crippen molar-refractivity contribution >= 4 is 49.1 Å². The predicted octanol–water partition coefficient (Wildman–Crippen LogP) is 5.62. The number of anilines is 1. The van der Waals surface area contributed by atoms with E-state index >= 15 is 0 Å². The Morgan fingerprint density at radius 2 is 1.89 bits per heavy atom. The summed E-state index contributed by atoms with van der Waals surface area (Å²) in [6.07, 6.45) is 0. The fourth-order valence-electron chi connectivity index (χ4n) is 1.50. The van der Waals surface area contributed by atoms with Gasteiger partial charge in [0.15, 0.2) is 0 Å². The largest absolute Gasteiger partial charge is 0.380 e. The average molecular weight is 393 g/mol. The van der Waals surface area contributed by atoms with E-state index in [-0.39, 0.29) is 5.82 Å². The van der Waals surface area contributed by atoms with Crippen molar-refractivity contribution in [3.63, 3.8) is 0 Å². The molecule has 0 bridgehead atoms. The molecule has 0 radical (unpaired) electrons. The van der Waals surface area contributed by atoms with Crippen LogP contribution in [0.1, 0.15) is 5.56 Å². The van der Waals surface area contributed by atoms with Crippen molar-refractivity contribution in [3.05, 3.63) is 61.7 Å². The van der Waals surface area contributed by atoms with Crippen LogP contribution in [0, 0.1) is 5.82 Å². The Morgan fingerprint density at radius 1 is 1.11 bits per heavy atom. The molecule has 0 unspecified atom stereocenters. The van der Waals surface area contributed by atoms with Gasteiger partial charge in [0, 0.05) is 20.5 Å². The van der Waals surface area contributed by atoms with Gasteiger partial charge in [-0.15, -0.1) is 0 Å². The number of rotatable bonds is 3. The third kappa shape index (κ3) is 3.46. The Kier molecular flexibility index (Phi) is 4.65. The Balaban J connectivity index is 2.16. The smallest absolute Gasteiger partial charge is 0.125 e. The first-order valence-corrected chi connectivity index (χ1v) is 7.15. The Hall–Kier alpha value is -0.580. The molecule has 5 heteroatoms. The number of nitrogens with one attached hydrogen (secondary N) is 1. The van der Waals surface area contributed by atoms with Gasteiger partial charge < -0.3 is 5.32 Å². The standard InChI is InChI=1S/C13H9Br2ClFN/c14-9-1-4-12(16)8(5-9)7-18-13-6-10(17)2-3-11(13)15/h1-6,18H,7H2. The van der Waals surface area contributed by atoms with E-state index < -0.39 is 0 Å². The zero-order valence-corrected chi connectivity index (χ0v) is 13.1. The number of hydrogen-bond acceptors (Lipinski definition) is 1. The topological polar surface area (TPSA) is 12.0 Å². The van der Waals surface area contributed by atoms with Crippen LogP contribution in [-0.2, 0) is 6.54 Å². The first-order chi connectivity index (χ1) is 8.56. The molecule has 18 heavy (non-hydrogen) atoms. The molecule has 0 amide bonds. The van der Waals surface area contributed by atoms with Crippen molar-refractivity contribution in [3.8, 4) is 0 Å². The molecule has 0 fully saturated rings. The van der Waals surface area contributed by atoms with Crippen LogP contribution in [0.2, 0.25) is 5.02 Å². The van der Waals surface area contributed by atoms with E-state index in [0.717, 1.165) is 14.5 Å². The van der Waals surface area contributed by atoms with Gasteiger partial charge in [-0.1, -0.05) is 27.5 Å². The van der Waals surface area contributed by atoms with E-state index in [2.05, 4.69) is 37.2 Å². The van der Waals surface area contributed by atoms with Crippen molar-refractivity contribution < 1.29 is 4.39 Å². The number of hydrogen-bond donors (Lipinski definition) is 1. The summed E-state index contributed by atoms with van der Waals surface area (Å²) in [5.41, 5.74) is 1.65. The third-order valence-corrected chi connectivity index (χ3v) is 3.96. The molecule has 2 aromatic carbocycles. The minimum atomic E-state index is -0.277. The van der Waals surface area contributed by atoms with E-state index in [4.69, 9.17) is 11.6 Å². The first-order valence-electron chi connectivity index (χ1n) is 5.19. The minimum absolute atomic E-state index is 0.277. The van der Waals surface area contributed by atoms with Crippen LogP contribution >= 0.6 is 43.5 Å². The second-order valence-corrected chi connectivity index (χ2v) is 5.89. The van der Waals surface area contributed by atoms with E-state index in [1.807, 2.05) is 18.2 Å². The molecule has 2 aromatic rings. The summed E-state index contributed by atoms with van der Waals surface area (Å²) in [4.78, 5) is 0. The van der Waals surface area contributed by atoms with Gasteiger partial charge in [0.1, 0.15) is 5.82 Å². The van der Waals surface area contributed by atoms with E-state index in [1.165, 1.54) is 12.1 Å². The average Bonchev–Trinajstić information content (AvgIpc) is 2.34. The molecule has 1 nitrogen and oxygen atoms in total. The molecule has 0 atom stereocenters. The maximum atomic E-state index is 13.1. The van der Waals surface area contributed by atoms with Crippen LogP contribution in [0.15, 0.2) is 45.3 Å². The summed E-state index contributed by atoms with van der Waals surface area (Å²) in [6, 6.07) is 10.1. The van der Waals surface area contributed by atoms with Crippen molar-refractivity contribution in [2.45, 2.75) is 6.54 Å². The van der Waals surface area contributed by atoms with Crippen LogP contribution < -0.4 is 5.32 Å². The van der Waals surface area contributed by atoms with Gasteiger partial charge in [-0.2, -0.15) is 0 Å². The van der Waals surface area contributed by atoms with Crippen molar-refractivity contribution in [1.29, 1.82) is 0 Å². The summed E-state index contributed by atoms with van der Waals surface area (Å²) < 4.78 is 14.9. The molecule has 0 aliphatic rings. The molecule has 0 aliphatic carbocycles. The Bertz CT molecular complexity index is 523. The minimum Gasteiger partial charge on any atom is -0.380 e. The third-order valence-electron chi connectivity index (χ3n) is 2.41. The van der Waals surface area contributed by atoms with Crippen molar-refractivity contribution in [2.75, 3.05) is 5.32 Å². The molecular formula is C13H9Br2ClFN. The van der Waals surface area contributed by atoms with Gasteiger partial charge in [0.05, 0.1) is 5.69 Å². The highest BCUT2D eigenvalue weighted by Crippen LogP contribution is 2.26. The zero-order valence-electron chi connectivity index (χ0n) is 9.18. The van der Waals surface area contributed by atoms with Crippen molar-refractivity contribution in [2.24, 2.45) is 0 Å². The molecule has 1 N–H and O–H groups in total. The second-order valence-electron chi connectivity index (χ2n) is 3.71. The lowest BCUT2D eigenvalue weighted by molar-refractivity contribution is 0.628. The molecule has 0 aliphatic heterocycles. The lowest BCUT2D eigenvalue weighted by atomic mass is 10.2. The molecule has 0 saturated heterocycles. The fraction of sp³-hybridized carbons (Fsp3) is 0.0769. The lowest BCUT2D eigenvalue weighted by Gasteiger charge is -2.10. The van der Waals surface area contributed by atoms with Gasteiger partial charge in [-0.25, -0.2) is 4.39 Å². The van der Waals surface area contributed by atoms with Gasteiger partial charge in [0.25, 0.3) is 0 Å². The lowest BCUT2D eigenvalue weighted by Crippen LogP contribution is -2.01. The van der Waals surface area contributed by atoms with Gasteiger partial charge in [0.2, 0.25) is 0 Å². The zero-order chi connectivity index (χ0) is 13.1. The molecule has 0 aromatic heterocycles. The summed E-state index contributed by atoms with van der Waals surface area (Å²) >= 11 is 12.8. The molecule has 0 heterocycles. The highest BCUT2D eigenvalue weighted by molar-refractivity contribution is 9.10. The van der Waals surface area contributed by atoms with E-state index in [9.17, 15) is 4.39 Å². The molecule has 0 saturated carbocycles. The van der Waals surface area contributed by atoms with E-state index in [1.54, 1.807) is 6.07 Å². The van der Waals surface area contributed by atoms with Crippen molar-refractivity contribution in [1.82, 2.24) is 0 Å². The van der Waals surface area contributed by atoms with Crippen LogP contribution in [0.5, 0.6) is 0 Å². The molecular weight excluding hydrogens is 384 g/mol. The SMILES string of the molecule is Fc1ccc(Br)c(NCc2cc(Br)ccc2Cl)c1. The predicted molar refractivity (Wildman–Crippen MR) is 80.6 cm³/mol. The normalized spacial score (nSPS) is 10.4. The fourth-order valence-corrected chi connectivity index (χ4v) is 2.48. The Morgan fingerprint density at radius 3 is 2.67 bits per heavy atom. The maximum absolute atomic E-state index is 13.1. The summed E-state index contributed by atoms with van der Waals surface area (Å²) in [5, 5.41) is 3.82. The van der Waals surface area contributed by atoms with E-state index in [0.29, 0.717) is 17.3 Å². The molecule has 2 rings (SSSR count). The number of halogens is 4.